The first-order valence-electron chi connectivity index (χ1n) is 9.09. The molecule has 0 saturated heterocycles. The van der Waals surface area contributed by atoms with E-state index >= 15 is 0 Å². The van der Waals surface area contributed by atoms with E-state index in [9.17, 15) is 9.59 Å². The second-order valence-electron chi connectivity index (χ2n) is 6.91. The van der Waals surface area contributed by atoms with Gasteiger partial charge in [-0.15, -0.1) is 0 Å². The number of carboxylic acid groups (broad SMARTS) is 1. The van der Waals surface area contributed by atoms with Crippen LogP contribution in [0.5, 0.6) is 0 Å². The summed E-state index contributed by atoms with van der Waals surface area (Å²) in [6.45, 7) is 4.36. The van der Waals surface area contributed by atoms with Gasteiger partial charge in [0.1, 0.15) is 0 Å². The molecule has 0 bridgehead atoms. The Morgan fingerprint density at radius 3 is 2.24 bits per heavy atom. The molecule has 2 aromatic rings. The van der Waals surface area contributed by atoms with Crippen molar-refractivity contribution in [2.24, 2.45) is 7.05 Å². The minimum Gasteiger partial charge on any atom is -0.481 e. The smallest absolute Gasteiger partial charge is 0.300 e. The summed E-state index contributed by atoms with van der Waals surface area (Å²) < 4.78 is 1.80. The van der Waals surface area contributed by atoms with Crippen LogP contribution in [0, 0.1) is 6.92 Å². The fourth-order valence-corrected chi connectivity index (χ4v) is 2.83. The van der Waals surface area contributed by atoms with Gasteiger partial charge < -0.3 is 19.9 Å². The number of aryl methyl sites for hydroxylation is 1. The van der Waals surface area contributed by atoms with Crippen molar-refractivity contribution in [2.45, 2.75) is 20.3 Å². The van der Waals surface area contributed by atoms with Crippen molar-refractivity contribution >= 4 is 29.3 Å². The first kappa shape index (κ1) is 24.4. The minimum absolute atomic E-state index is 0.0482. The van der Waals surface area contributed by atoms with Crippen LogP contribution in [0.15, 0.2) is 30.3 Å². The highest BCUT2D eigenvalue weighted by Gasteiger charge is 2.19. The van der Waals surface area contributed by atoms with Crippen LogP contribution >= 0.6 is 11.6 Å². The van der Waals surface area contributed by atoms with Gasteiger partial charge in [0, 0.05) is 43.3 Å². The van der Waals surface area contributed by atoms with E-state index in [-0.39, 0.29) is 18.1 Å². The highest BCUT2D eigenvalue weighted by Crippen LogP contribution is 2.20. The quantitative estimate of drug-likeness (QED) is 0.670. The molecular formula is C21H28ClN3O4. The molecule has 0 spiro atoms. The van der Waals surface area contributed by atoms with Crippen LogP contribution in [0.1, 0.15) is 34.2 Å². The van der Waals surface area contributed by atoms with Crippen LogP contribution in [0.25, 0.3) is 0 Å². The predicted molar refractivity (Wildman–Crippen MR) is 114 cm³/mol. The minimum atomic E-state index is -0.833. The number of aromatic nitrogens is 1. The summed E-state index contributed by atoms with van der Waals surface area (Å²) in [6, 6.07) is 8.72. The number of aliphatic carboxylic acids is 1. The van der Waals surface area contributed by atoms with E-state index in [0.717, 1.165) is 24.7 Å². The van der Waals surface area contributed by atoms with Crippen molar-refractivity contribution in [2.75, 3.05) is 27.2 Å². The van der Waals surface area contributed by atoms with E-state index in [1.165, 1.54) is 0 Å². The first-order chi connectivity index (χ1) is 13.5. The lowest BCUT2D eigenvalue weighted by atomic mass is 10.1. The summed E-state index contributed by atoms with van der Waals surface area (Å²) in [4.78, 5) is 35.9. The number of ketones is 1. The number of carboxylic acids is 1. The predicted octanol–water partition coefficient (Wildman–Crippen LogP) is 2.53. The van der Waals surface area contributed by atoms with Gasteiger partial charge >= 0.3 is 0 Å². The molecule has 2 rings (SSSR count). The number of nitrogens with zero attached hydrogens (tertiary/aromatic N) is 2. The largest absolute Gasteiger partial charge is 0.481 e. The van der Waals surface area contributed by atoms with Crippen LogP contribution < -0.4 is 5.32 Å². The molecule has 0 radical (unpaired) electrons. The average Bonchev–Trinajstić information content (AvgIpc) is 2.87. The summed E-state index contributed by atoms with van der Waals surface area (Å²) in [7, 11) is 5.74. The third-order valence-corrected chi connectivity index (χ3v) is 4.32. The zero-order chi connectivity index (χ0) is 22.1. The summed E-state index contributed by atoms with van der Waals surface area (Å²) >= 11 is 5.88. The van der Waals surface area contributed by atoms with E-state index in [4.69, 9.17) is 21.5 Å². The Balaban J connectivity index is 0.000000960. The normalized spacial score (nSPS) is 10.3. The Kier molecular flexibility index (Phi) is 9.58. The van der Waals surface area contributed by atoms with Crippen LogP contribution in [-0.2, 0) is 23.1 Å². The summed E-state index contributed by atoms with van der Waals surface area (Å²) in [5, 5.41) is 10.9. The molecule has 0 atom stereocenters. The lowest BCUT2D eigenvalue weighted by molar-refractivity contribution is -0.134. The van der Waals surface area contributed by atoms with Crippen LogP contribution in [-0.4, -0.2) is 59.4 Å². The molecule has 1 amide bonds. The maximum Gasteiger partial charge on any atom is 0.300 e. The molecule has 1 aromatic heterocycles. The molecule has 1 heterocycles. The van der Waals surface area contributed by atoms with Crippen molar-refractivity contribution in [1.29, 1.82) is 0 Å². The highest BCUT2D eigenvalue weighted by atomic mass is 35.5. The number of carbonyl (C=O) groups is 3. The van der Waals surface area contributed by atoms with Crippen molar-refractivity contribution in [1.82, 2.24) is 14.8 Å². The van der Waals surface area contributed by atoms with Gasteiger partial charge in [-0.1, -0.05) is 11.6 Å². The number of carbonyl (C=O) groups excluding carboxylic acids is 2. The van der Waals surface area contributed by atoms with E-state index in [1.807, 2.05) is 39.0 Å². The molecule has 0 aliphatic heterocycles. The van der Waals surface area contributed by atoms with Gasteiger partial charge in [-0.05, 0) is 56.9 Å². The molecule has 0 saturated carbocycles. The highest BCUT2D eigenvalue weighted by molar-refractivity contribution is 6.30. The van der Waals surface area contributed by atoms with Crippen LogP contribution in [0.3, 0.4) is 0 Å². The second-order valence-corrected chi connectivity index (χ2v) is 7.35. The number of amides is 1. The first-order valence-corrected chi connectivity index (χ1v) is 9.47. The van der Waals surface area contributed by atoms with Crippen molar-refractivity contribution in [3.8, 4) is 0 Å². The number of hydrogen-bond acceptors (Lipinski definition) is 4. The Hall–Kier alpha value is -2.64. The number of halogens is 1. The maximum absolute atomic E-state index is 12.8. The standard InChI is InChI=1S/C19H24ClN3O2.C2H4O2/c1-13-11-16(12-17(24)21-9-10-22(2)3)23(4)18(13)19(25)14-5-7-15(20)8-6-14;1-2(3)4/h5-8,11H,9-10,12H2,1-4H3,(H,21,24);1H3,(H,3,4). The lowest BCUT2D eigenvalue weighted by Gasteiger charge is -2.11. The SMILES string of the molecule is CC(=O)O.Cc1cc(CC(=O)NCCN(C)C)n(C)c1C(=O)c1ccc(Cl)cc1. The number of rotatable bonds is 7. The Morgan fingerprint density at radius 2 is 1.72 bits per heavy atom. The Morgan fingerprint density at radius 1 is 1.17 bits per heavy atom. The summed E-state index contributed by atoms with van der Waals surface area (Å²) in [5.41, 5.74) is 2.85. The van der Waals surface area contributed by atoms with Gasteiger partial charge in [0.15, 0.2) is 0 Å². The molecule has 158 valence electrons. The van der Waals surface area contributed by atoms with E-state index in [2.05, 4.69) is 5.32 Å². The fourth-order valence-electron chi connectivity index (χ4n) is 2.71. The molecule has 0 fully saturated rings. The van der Waals surface area contributed by atoms with Crippen molar-refractivity contribution in [3.05, 3.63) is 57.9 Å². The topological polar surface area (TPSA) is 91.6 Å². The van der Waals surface area contributed by atoms with E-state index < -0.39 is 5.97 Å². The van der Waals surface area contributed by atoms with Crippen molar-refractivity contribution in [3.63, 3.8) is 0 Å². The van der Waals surface area contributed by atoms with E-state index in [1.54, 1.807) is 28.8 Å². The molecule has 1 aromatic carbocycles. The zero-order valence-corrected chi connectivity index (χ0v) is 18.2. The molecule has 8 heteroatoms. The third kappa shape index (κ3) is 8.09. The molecule has 29 heavy (non-hydrogen) atoms. The van der Waals surface area contributed by atoms with Crippen LogP contribution in [0.4, 0.5) is 0 Å². The monoisotopic (exact) mass is 421 g/mol. The summed E-state index contributed by atoms with van der Waals surface area (Å²) in [6.07, 6.45) is 0.249. The van der Waals surface area contributed by atoms with Gasteiger partial charge in [-0.3, -0.25) is 14.4 Å². The Labute approximate surface area is 176 Å². The van der Waals surface area contributed by atoms with Gasteiger partial charge in [-0.25, -0.2) is 0 Å². The zero-order valence-electron chi connectivity index (χ0n) is 17.5. The molecule has 0 aliphatic rings. The second kappa shape index (κ2) is 11.4. The van der Waals surface area contributed by atoms with E-state index in [0.29, 0.717) is 22.8 Å². The number of nitrogens with one attached hydrogen (secondary N) is 1. The van der Waals surface area contributed by atoms with Gasteiger partial charge in [0.25, 0.3) is 5.97 Å². The molecular weight excluding hydrogens is 394 g/mol. The summed E-state index contributed by atoms with van der Waals surface area (Å²) in [5.74, 6) is -0.955. The van der Waals surface area contributed by atoms with Crippen molar-refractivity contribution < 1.29 is 19.5 Å². The fraction of sp³-hybridized carbons (Fsp3) is 0.381. The average molecular weight is 422 g/mol. The Bertz CT molecular complexity index is 854. The molecule has 2 N–H and O–H groups in total. The molecule has 0 unspecified atom stereocenters. The third-order valence-electron chi connectivity index (χ3n) is 4.07. The number of hydrogen-bond donors (Lipinski definition) is 2. The van der Waals surface area contributed by atoms with Crippen LogP contribution in [0.2, 0.25) is 5.02 Å². The lowest BCUT2D eigenvalue weighted by Crippen LogP contribution is -2.32. The number of likely N-dealkylation sites (N-methyl/N-ethyl adjacent to an activating group) is 1. The van der Waals surface area contributed by atoms with Gasteiger partial charge in [0.05, 0.1) is 12.1 Å². The van der Waals surface area contributed by atoms with Gasteiger partial charge in [0.2, 0.25) is 11.7 Å². The number of benzene rings is 1. The van der Waals surface area contributed by atoms with Gasteiger partial charge in [-0.2, -0.15) is 0 Å². The maximum atomic E-state index is 12.8. The molecule has 0 aliphatic carbocycles. The molecule has 7 nitrogen and oxygen atoms in total.